The maximum absolute atomic E-state index is 9.83. The van der Waals surface area contributed by atoms with Crippen molar-refractivity contribution >= 4 is 27.8 Å². The fourth-order valence-corrected chi connectivity index (χ4v) is 3.44. The van der Waals surface area contributed by atoms with Gasteiger partial charge in [-0.15, -0.1) is 0 Å². The van der Waals surface area contributed by atoms with Crippen molar-refractivity contribution in [3.63, 3.8) is 0 Å². The Bertz CT molecular complexity index is 1170. The first-order valence-corrected chi connectivity index (χ1v) is 11.1. The number of pyridine rings is 1. The molecule has 3 N–H and O–H groups in total. The molecule has 0 atom stereocenters. The van der Waals surface area contributed by atoms with Gasteiger partial charge in [0.05, 0.1) is 11.0 Å². The summed E-state index contributed by atoms with van der Waals surface area (Å²) in [6, 6.07) is 15.4. The number of benzene rings is 2. The molecular weight excluding hydrogens is 396 g/mol. The molecule has 2 aromatic carbocycles. The second-order valence-corrected chi connectivity index (χ2v) is 7.07. The molecule has 2 aromatic heterocycles. The number of fused-ring (bicyclic) bond motifs is 3. The van der Waals surface area contributed by atoms with Crippen LogP contribution in [-0.2, 0) is 13.0 Å². The van der Waals surface area contributed by atoms with E-state index in [0.29, 0.717) is 12.4 Å². The van der Waals surface area contributed by atoms with E-state index in [2.05, 4.69) is 35.7 Å². The molecule has 0 aliphatic carbocycles. The van der Waals surface area contributed by atoms with Crippen molar-refractivity contribution in [1.29, 1.82) is 0 Å². The van der Waals surface area contributed by atoms with E-state index in [4.69, 9.17) is 10.7 Å². The highest BCUT2D eigenvalue weighted by molar-refractivity contribution is 6.06. The normalized spacial score (nSPS) is 10.1. The largest absolute Gasteiger partial charge is 0.508 e. The lowest BCUT2D eigenvalue weighted by molar-refractivity contribution is 0.474. The fourth-order valence-electron chi connectivity index (χ4n) is 3.44. The summed E-state index contributed by atoms with van der Waals surface area (Å²) < 4.78 is 2.22. The molecular formula is C27H34N4O. The third kappa shape index (κ3) is 5.76. The van der Waals surface area contributed by atoms with Gasteiger partial charge < -0.3 is 15.4 Å². The maximum atomic E-state index is 9.83. The van der Waals surface area contributed by atoms with Gasteiger partial charge in [0.1, 0.15) is 17.1 Å². The molecule has 0 unspecified atom stereocenters. The van der Waals surface area contributed by atoms with E-state index in [-0.39, 0.29) is 5.75 Å². The zero-order valence-electron chi connectivity index (χ0n) is 19.4. The summed E-state index contributed by atoms with van der Waals surface area (Å²) in [5, 5.41) is 10.9. The van der Waals surface area contributed by atoms with Crippen molar-refractivity contribution in [2.24, 2.45) is 0 Å². The number of allylic oxidation sites excluding steroid dienone is 2. The first-order valence-electron chi connectivity index (χ1n) is 11.1. The number of aryl methyl sites for hydroxylation is 1. The van der Waals surface area contributed by atoms with Crippen LogP contribution in [0.1, 0.15) is 45.0 Å². The Labute approximate surface area is 190 Å². The Balaban J connectivity index is 0.000000547. The zero-order valence-corrected chi connectivity index (χ0v) is 19.4. The van der Waals surface area contributed by atoms with Crippen LogP contribution in [0.25, 0.3) is 21.9 Å². The number of para-hydroxylation sites is 1. The molecule has 32 heavy (non-hydrogen) atoms. The van der Waals surface area contributed by atoms with Crippen LogP contribution in [0.15, 0.2) is 73.8 Å². The average molecular weight is 431 g/mol. The number of phenols is 1. The van der Waals surface area contributed by atoms with Crippen LogP contribution in [0.3, 0.4) is 0 Å². The van der Waals surface area contributed by atoms with Crippen LogP contribution in [0, 0.1) is 0 Å². The lowest BCUT2D eigenvalue weighted by Gasteiger charge is -2.11. The van der Waals surface area contributed by atoms with Crippen LogP contribution in [0.4, 0.5) is 5.82 Å². The van der Waals surface area contributed by atoms with Crippen LogP contribution in [0.2, 0.25) is 0 Å². The summed E-state index contributed by atoms with van der Waals surface area (Å²) >= 11 is 0. The minimum atomic E-state index is 0.271. The van der Waals surface area contributed by atoms with E-state index in [9.17, 15) is 5.11 Å². The molecule has 0 radical (unpaired) electrons. The maximum Gasteiger partial charge on any atom is 0.152 e. The van der Waals surface area contributed by atoms with E-state index >= 15 is 0 Å². The summed E-state index contributed by atoms with van der Waals surface area (Å²) in [5.41, 5.74) is 9.90. The van der Waals surface area contributed by atoms with Crippen LogP contribution >= 0.6 is 0 Å². The van der Waals surface area contributed by atoms with Gasteiger partial charge in [0, 0.05) is 18.4 Å². The van der Waals surface area contributed by atoms with Gasteiger partial charge in [-0.25, -0.2) is 9.97 Å². The summed E-state index contributed by atoms with van der Waals surface area (Å²) in [5.74, 6) is 1.74. The Kier molecular flexibility index (Phi) is 9.48. The number of anilines is 1. The second-order valence-electron chi connectivity index (χ2n) is 7.07. The van der Waals surface area contributed by atoms with Gasteiger partial charge in [-0.1, -0.05) is 82.8 Å². The van der Waals surface area contributed by atoms with Gasteiger partial charge in [-0.3, -0.25) is 0 Å². The second kappa shape index (κ2) is 12.3. The smallest absolute Gasteiger partial charge is 0.152 e. The van der Waals surface area contributed by atoms with Crippen molar-refractivity contribution in [3.05, 3.63) is 85.2 Å². The fraction of sp³-hybridized carbons (Fsp3) is 0.259. The molecule has 5 heteroatoms. The number of phenolic OH excluding ortho intramolecular Hbond substituents is 1. The Morgan fingerprint density at radius 2 is 1.75 bits per heavy atom. The van der Waals surface area contributed by atoms with E-state index in [1.807, 2.05) is 44.2 Å². The number of unbranched alkanes of at least 4 members (excludes halogenated alkanes) is 1. The lowest BCUT2D eigenvalue weighted by atomic mass is 10.1. The summed E-state index contributed by atoms with van der Waals surface area (Å²) in [6.45, 7) is 13.5. The predicted octanol–water partition coefficient (Wildman–Crippen LogP) is 6.65. The quantitative estimate of drug-likeness (QED) is 0.336. The third-order valence-electron chi connectivity index (χ3n) is 4.86. The molecule has 0 aliphatic rings. The van der Waals surface area contributed by atoms with Gasteiger partial charge in [0.15, 0.2) is 5.82 Å². The number of nitrogens with two attached hydrogens (primary N) is 1. The van der Waals surface area contributed by atoms with Crippen molar-refractivity contribution in [1.82, 2.24) is 14.5 Å². The number of aromatic nitrogens is 3. The molecule has 0 fully saturated rings. The molecule has 0 bridgehead atoms. The number of rotatable bonds is 6. The number of aromatic hydroxyl groups is 1. The van der Waals surface area contributed by atoms with Gasteiger partial charge >= 0.3 is 0 Å². The lowest BCUT2D eigenvalue weighted by Crippen LogP contribution is -2.06. The number of hydrogen-bond acceptors (Lipinski definition) is 4. The highest BCUT2D eigenvalue weighted by Gasteiger charge is 2.17. The standard InChI is InChI=1S/C21H22N4O.C4H6.C2H6/c1-2-3-11-18-24-19-20(16-9-4-5-10-17(16)23-21(19)22)25(18)13-14-7-6-8-15(26)12-14;1-3-4-2;1-2/h4-10,12,26H,2-3,11,13H2,1H3,(H2,22,23);3-4H,1-2H2;1-2H3. The molecule has 5 nitrogen and oxygen atoms in total. The van der Waals surface area contributed by atoms with Crippen molar-refractivity contribution < 1.29 is 5.11 Å². The number of hydrogen-bond donors (Lipinski definition) is 2. The Hall–Kier alpha value is -3.60. The predicted molar refractivity (Wildman–Crippen MR) is 137 cm³/mol. The topological polar surface area (TPSA) is 77.0 Å². The molecule has 0 saturated carbocycles. The van der Waals surface area contributed by atoms with E-state index in [1.165, 1.54) is 0 Å². The molecule has 2 heterocycles. The molecule has 168 valence electrons. The molecule has 4 aromatic rings. The molecule has 0 spiro atoms. The van der Waals surface area contributed by atoms with Gasteiger partial charge in [0.2, 0.25) is 0 Å². The minimum Gasteiger partial charge on any atom is -0.508 e. The van der Waals surface area contributed by atoms with E-state index < -0.39 is 0 Å². The van der Waals surface area contributed by atoms with Gasteiger partial charge in [0.25, 0.3) is 0 Å². The third-order valence-corrected chi connectivity index (χ3v) is 4.86. The zero-order chi connectivity index (χ0) is 23.5. The van der Waals surface area contributed by atoms with Crippen LogP contribution < -0.4 is 5.73 Å². The van der Waals surface area contributed by atoms with E-state index in [1.54, 1.807) is 24.3 Å². The number of imidazole rings is 1. The van der Waals surface area contributed by atoms with Crippen molar-refractivity contribution in [2.75, 3.05) is 5.73 Å². The van der Waals surface area contributed by atoms with Crippen molar-refractivity contribution in [3.8, 4) is 5.75 Å². The minimum absolute atomic E-state index is 0.271. The number of nitrogens with zero attached hydrogens (tertiary/aromatic N) is 3. The Morgan fingerprint density at radius 3 is 2.41 bits per heavy atom. The highest BCUT2D eigenvalue weighted by atomic mass is 16.3. The first-order chi connectivity index (χ1) is 15.6. The van der Waals surface area contributed by atoms with Crippen LogP contribution in [0.5, 0.6) is 5.75 Å². The van der Waals surface area contributed by atoms with Crippen molar-refractivity contribution in [2.45, 2.75) is 46.6 Å². The summed E-state index contributed by atoms with van der Waals surface area (Å²) in [6.07, 6.45) is 6.33. The van der Waals surface area contributed by atoms with Crippen LogP contribution in [-0.4, -0.2) is 19.6 Å². The SMILES string of the molecule is C=CC=C.CC.CCCCc1nc2c(N)nc3ccccc3c2n1Cc1cccc(O)c1. The number of nitrogen functional groups attached to an aromatic ring is 1. The van der Waals surface area contributed by atoms with Gasteiger partial charge in [-0.05, 0) is 30.2 Å². The van der Waals surface area contributed by atoms with E-state index in [0.717, 1.165) is 52.6 Å². The highest BCUT2D eigenvalue weighted by Crippen LogP contribution is 2.30. The first kappa shape index (κ1) is 24.7. The molecule has 0 amide bonds. The van der Waals surface area contributed by atoms with Gasteiger partial charge in [-0.2, -0.15) is 0 Å². The average Bonchev–Trinajstić information content (AvgIpc) is 3.18. The Morgan fingerprint density at radius 1 is 1.03 bits per heavy atom. The summed E-state index contributed by atoms with van der Waals surface area (Å²) in [7, 11) is 0. The monoisotopic (exact) mass is 430 g/mol. The molecule has 0 saturated heterocycles. The molecule has 4 rings (SSSR count). The molecule has 0 aliphatic heterocycles. The summed E-state index contributed by atoms with van der Waals surface area (Å²) in [4.78, 5) is 9.35.